The Morgan fingerprint density at radius 3 is 2.35 bits per heavy atom. The number of thiol groups is 1. The minimum Gasteiger partial charge on any atom is -0.460 e. The van der Waals surface area contributed by atoms with Crippen molar-refractivity contribution in [2.45, 2.75) is 38.2 Å². The first-order valence-corrected chi connectivity index (χ1v) is 6.52. The Balaban J connectivity index is 0.000000367. The van der Waals surface area contributed by atoms with E-state index in [0.717, 1.165) is 0 Å². The molecule has 1 aromatic rings. The number of nitrogens with two attached hydrogens (primary N) is 1. The molecular formula is C14H20FNO3S. The second-order valence-corrected chi connectivity index (χ2v) is 5.66. The van der Waals surface area contributed by atoms with Gasteiger partial charge in [0.2, 0.25) is 0 Å². The molecule has 1 aromatic carbocycles. The lowest BCUT2D eigenvalue weighted by molar-refractivity contribution is -0.154. The van der Waals surface area contributed by atoms with Crippen LogP contribution in [-0.4, -0.2) is 23.2 Å². The molecule has 0 bridgehead atoms. The van der Waals surface area contributed by atoms with Gasteiger partial charge in [-0.3, -0.25) is 9.59 Å². The fraction of sp³-hybridized carbons (Fsp3) is 0.429. The van der Waals surface area contributed by atoms with Crippen LogP contribution >= 0.6 is 12.6 Å². The molecular weight excluding hydrogens is 281 g/mol. The average molecular weight is 301 g/mol. The van der Waals surface area contributed by atoms with Gasteiger partial charge in [0, 0.05) is 0 Å². The van der Waals surface area contributed by atoms with Crippen molar-refractivity contribution >= 4 is 24.9 Å². The number of hydrogen-bond acceptors (Lipinski definition) is 5. The second-order valence-electron chi connectivity index (χ2n) is 5.00. The van der Waals surface area contributed by atoms with Gasteiger partial charge in [0.25, 0.3) is 0 Å². The Morgan fingerprint density at radius 1 is 1.45 bits per heavy atom. The number of carbonyl (C=O) groups excluding carboxylic acids is 2. The van der Waals surface area contributed by atoms with Crippen molar-refractivity contribution in [3.05, 3.63) is 35.6 Å². The molecule has 0 saturated heterocycles. The predicted octanol–water partition coefficient (Wildman–Crippen LogP) is 2.57. The van der Waals surface area contributed by atoms with Crippen LogP contribution in [0.4, 0.5) is 4.39 Å². The molecule has 20 heavy (non-hydrogen) atoms. The molecule has 6 heteroatoms. The Bertz CT molecular complexity index is 444. The minimum absolute atomic E-state index is 0.109. The van der Waals surface area contributed by atoms with Crippen LogP contribution in [0.5, 0.6) is 0 Å². The minimum atomic E-state index is -0.465. The maximum atomic E-state index is 12.4. The Kier molecular flexibility index (Phi) is 8.10. The third kappa shape index (κ3) is 9.52. The van der Waals surface area contributed by atoms with Gasteiger partial charge in [-0.2, -0.15) is 12.6 Å². The summed E-state index contributed by atoms with van der Waals surface area (Å²) < 4.78 is 17.3. The van der Waals surface area contributed by atoms with E-state index in [9.17, 15) is 14.0 Å². The van der Waals surface area contributed by atoms with E-state index in [1.54, 1.807) is 12.1 Å². The summed E-state index contributed by atoms with van der Waals surface area (Å²) in [6, 6.07) is 5.85. The van der Waals surface area contributed by atoms with E-state index in [0.29, 0.717) is 6.29 Å². The van der Waals surface area contributed by atoms with Crippen LogP contribution in [-0.2, 0) is 9.53 Å². The summed E-state index contributed by atoms with van der Waals surface area (Å²) in [5, 5.41) is -0.426. The molecule has 4 nitrogen and oxygen atoms in total. The summed E-state index contributed by atoms with van der Waals surface area (Å²) >= 11 is 3.86. The summed E-state index contributed by atoms with van der Waals surface area (Å²) in [7, 11) is 0. The van der Waals surface area contributed by atoms with E-state index < -0.39 is 16.8 Å². The Labute approximate surface area is 123 Å². The van der Waals surface area contributed by atoms with Gasteiger partial charge in [-0.15, -0.1) is 0 Å². The van der Waals surface area contributed by atoms with Gasteiger partial charge in [-0.25, -0.2) is 4.39 Å². The zero-order valence-corrected chi connectivity index (χ0v) is 12.7. The van der Waals surface area contributed by atoms with Crippen molar-refractivity contribution in [3.63, 3.8) is 0 Å². The normalized spacial score (nSPS) is 11.9. The molecule has 0 saturated carbocycles. The first kappa shape index (κ1) is 18.6. The first-order chi connectivity index (χ1) is 9.15. The third-order valence-electron chi connectivity index (χ3n) is 1.83. The van der Waals surface area contributed by atoms with E-state index in [1.807, 2.05) is 20.8 Å². The van der Waals surface area contributed by atoms with E-state index in [2.05, 4.69) is 12.6 Å². The Morgan fingerprint density at radius 2 is 2.00 bits per heavy atom. The lowest BCUT2D eigenvalue weighted by Crippen LogP contribution is -2.27. The number of aldehydes is 1. The van der Waals surface area contributed by atoms with Gasteiger partial charge < -0.3 is 10.5 Å². The van der Waals surface area contributed by atoms with Crippen LogP contribution in [0.15, 0.2) is 24.3 Å². The highest BCUT2D eigenvalue weighted by Crippen LogP contribution is 2.09. The van der Waals surface area contributed by atoms with Crippen molar-refractivity contribution in [2.24, 2.45) is 5.73 Å². The van der Waals surface area contributed by atoms with E-state index in [1.165, 1.54) is 12.1 Å². The molecule has 0 aliphatic heterocycles. The van der Waals surface area contributed by atoms with Crippen LogP contribution in [0.1, 0.15) is 37.6 Å². The van der Waals surface area contributed by atoms with E-state index in [4.69, 9.17) is 10.5 Å². The molecule has 112 valence electrons. The summed E-state index contributed by atoms with van der Waals surface area (Å²) in [5.41, 5.74) is 4.95. The number of hydrogen-bond donors (Lipinski definition) is 2. The van der Waals surface area contributed by atoms with Crippen LogP contribution in [0.25, 0.3) is 0 Å². The lowest BCUT2D eigenvalue weighted by Gasteiger charge is -2.19. The molecule has 0 aliphatic carbocycles. The molecule has 1 rings (SSSR count). The zero-order valence-electron chi connectivity index (χ0n) is 11.8. The summed E-state index contributed by atoms with van der Waals surface area (Å²) in [6.45, 7) is 5.44. The molecule has 1 unspecified atom stereocenters. The molecule has 0 aliphatic rings. The third-order valence-corrected chi connectivity index (χ3v) is 2.01. The van der Waals surface area contributed by atoms with Gasteiger partial charge in [0.1, 0.15) is 11.4 Å². The molecule has 0 heterocycles. The topological polar surface area (TPSA) is 69.4 Å². The number of rotatable bonds is 3. The predicted molar refractivity (Wildman–Crippen MR) is 79.2 cm³/mol. The summed E-state index contributed by atoms with van der Waals surface area (Å²) in [4.78, 5) is 20.9. The van der Waals surface area contributed by atoms with Gasteiger partial charge >= 0.3 is 5.97 Å². The highest BCUT2D eigenvalue weighted by molar-refractivity contribution is 7.80. The molecule has 0 aromatic heterocycles. The molecule has 0 fully saturated rings. The highest BCUT2D eigenvalue weighted by Gasteiger charge is 2.16. The lowest BCUT2D eigenvalue weighted by atomic mass is 10.2. The Hall–Kier alpha value is -1.40. The van der Waals surface area contributed by atoms with Gasteiger partial charge in [0.05, 0.1) is 17.4 Å². The largest absolute Gasteiger partial charge is 0.460 e. The summed E-state index contributed by atoms with van der Waals surface area (Å²) in [6.07, 6.45) is 0.649. The SMILES string of the molecule is CC(C)(C)OC(=O)CC(N)S.O=Cc1ccccc1F. The van der Waals surface area contributed by atoms with Crippen LogP contribution in [0.2, 0.25) is 0 Å². The number of carbonyl (C=O) groups is 2. The zero-order chi connectivity index (χ0) is 15.8. The van der Waals surface area contributed by atoms with E-state index in [-0.39, 0.29) is 18.0 Å². The van der Waals surface area contributed by atoms with Crippen LogP contribution < -0.4 is 5.73 Å². The fourth-order valence-corrected chi connectivity index (χ4v) is 1.27. The smallest absolute Gasteiger partial charge is 0.308 e. The number of esters is 1. The van der Waals surface area contributed by atoms with Crippen molar-refractivity contribution in [2.75, 3.05) is 0 Å². The number of halogens is 1. The van der Waals surface area contributed by atoms with Gasteiger partial charge in [-0.1, -0.05) is 12.1 Å². The number of ether oxygens (including phenoxy) is 1. The maximum Gasteiger partial charge on any atom is 0.308 e. The van der Waals surface area contributed by atoms with Gasteiger partial charge in [-0.05, 0) is 32.9 Å². The first-order valence-electron chi connectivity index (χ1n) is 6.01. The van der Waals surface area contributed by atoms with Crippen molar-refractivity contribution < 1.29 is 18.7 Å². The summed E-state index contributed by atoms with van der Waals surface area (Å²) in [5.74, 6) is -0.771. The molecule has 2 N–H and O–H groups in total. The van der Waals surface area contributed by atoms with Crippen molar-refractivity contribution in [1.82, 2.24) is 0 Å². The van der Waals surface area contributed by atoms with Gasteiger partial charge in [0.15, 0.2) is 6.29 Å². The fourth-order valence-electron chi connectivity index (χ4n) is 1.12. The van der Waals surface area contributed by atoms with Crippen molar-refractivity contribution in [3.8, 4) is 0 Å². The quantitative estimate of drug-likeness (QED) is 0.390. The second kappa shape index (κ2) is 8.71. The molecule has 0 spiro atoms. The average Bonchev–Trinajstić information content (AvgIpc) is 2.26. The molecule has 0 amide bonds. The van der Waals surface area contributed by atoms with Crippen molar-refractivity contribution in [1.29, 1.82) is 0 Å². The molecule has 0 radical (unpaired) electrons. The molecule has 1 atom stereocenters. The van der Waals surface area contributed by atoms with Crippen LogP contribution in [0.3, 0.4) is 0 Å². The number of benzene rings is 1. The monoisotopic (exact) mass is 301 g/mol. The standard InChI is InChI=1S/C7H5FO.C7H15NO2S/c8-7-4-2-1-3-6(7)5-9;1-7(2,3)10-6(9)4-5(8)11/h1-5H;5,11H,4,8H2,1-3H3. The maximum absolute atomic E-state index is 12.4. The highest BCUT2D eigenvalue weighted by atomic mass is 32.1. The van der Waals surface area contributed by atoms with E-state index >= 15 is 0 Å². The van der Waals surface area contributed by atoms with Crippen LogP contribution in [0, 0.1) is 5.82 Å².